The Labute approximate surface area is 188 Å². The number of carbonyl (C=O) groups excluding carboxylic acids is 2. The van der Waals surface area contributed by atoms with E-state index in [9.17, 15) is 18.0 Å². The van der Waals surface area contributed by atoms with Crippen LogP contribution in [0.5, 0.6) is 5.75 Å². The van der Waals surface area contributed by atoms with E-state index in [1.54, 1.807) is 54.3 Å². The summed E-state index contributed by atoms with van der Waals surface area (Å²) in [5.74, 6) is -0.474. The first kappa shape index (κ1) is 23.6. The minimum atomic E-state index is -4.02. The lowest BCUT2D eigenvalue weighted by Gasteiger charge is -2.33. The number of hydrogen-bond donors (Lipinski definition) is 0. The maximum absolute atomic E-state index is 13.5. The molecule has 1 aliphatic heterocycles. The number of anilines is 1. The summed E-state index contributed by atoms with van der Waals surface area (Å²) >= 11 is 0. The highest BCUT2D eigenvalue weighted by atomic mass is 32.2. The number of rotatable bonds is 8. The van der Waals surface area contributed by atoms with E-state index in [-0.39, 0.29) is 34.9 Å². The molecule has 0 unspecified atom stereocenters. The van der Waals surface area contributed by atoms with Crippen LogP contribution < -0.4 is 9.04 Å². The molecule has 172 valence electrons. The number of sulfonamides is 1. The van der Waals surface area contributed by atoms with Crippen molar-refractivity contribution < 1.29 is 27.5 Å². The molecule has 1 saturated heterocycles. The molecule has 0 aliphatic carbocycles. The van der Waals surface area contributed by atoms with Crippen LogP contribution in [0.3, 0.4) is 0 Å². The van der Waals surface area contributed by atoms with Crippen molar-refractivity contribution in [3.05, 3.63) is 54.6 Å². The molecular weight excluding hydrogens is 432 g/mol. The van der Waals surface area contributed by atoms with Crippen LogP contribution in [0.15, 0.2) is 59.5 Å². The highest BCUT2D eigenvalue weighted by Gasteiger charge is 2.33. The van der Waals surface area contributed by atoms with Gasteiger partial charge in [0.15, 0.2) is 0 Å². The van der Waals surface area contributed by atoms with Crippen molar-refractivity contribution in [2.24, 2.45) is 5.92 Å². The highest BCUT2D eigenvalue weighted by molar-refractivity contribution is 7.92. The van der Waals surface area contributed by atoms with E-state index in [1.807, 2.05) is 0 Å². The second kappa shape index (κ2) is 10.5. The number of carbonyl (C=O) groups is 2. The molecule has 0 bridgehead atoms. The molecule has 8 nitrogen and oxygen atoms in total. The van der Waals surface area contributed by atoms with Crippen LogP contribution in [-0.2, 0) is 24.3 Å². The Morgan fingerprint density at radius 3 is 2.28 bits per heavy atom. The normalized spacial score (nSPS) is 14.6. The molecule has 2 aromatic carbocycles. The van der Waals surface area contributed by atoms with Crippen LogP contribution in [0.1, 0.15) is 19.8 Å². The smallest absolute Gasteiger partial charge is 0.309 e. The van der Waals surface area contributed by atoms with Crippen LogP contribution in [-0.4, -0.2) is 58.5 Å². The van der Waals surface area contributed by atoms with Gasteiger partial charge in [-0.1, -0.05) is 30.3 Å². The Morgan fingerprint density at radius 1 is 1.03 bits per heavy atom. The number of amides is 1. The van der Waals surface area contributed by atoms with E-state index in [0.717, 1.165) is 4.31 Å². The van der Waals surface area contributed by atoms with Gasteiger partial charge in [0.25, 0.3) is 10.0 Å². The third-order valence-electron chi connectivity index (χ3n) is 5.43. The van der Waals surface area contributed by atoms with Crippen LogP contribution in [0, 0.1) is 5.92 Å². The summed E-state index contributed by atoms with van der Waals surface area (Å²) in [5, 5.41) is 0. The first-order chi connectivity index (χ1) is 15.4. The van der Waals surface area contributed by atoms with Gasteiger partial charge in [-0.2, -0.15) is 0 Å². The average molecular weight is 461 g/mol. The number of para-hydroxylation sites is 2. The van der Waals surface area contributed by atoms with E-state index in [0.29, 0.717) is 38.3 Å². The number of esters is 1. The van der Waals surface area contributed by atoms with Crippen molar-refractivity contribution >= 4 is 27.6 Å². The zero-order valence-corrected chi connectivity index (χ0v) is 19.1. The summed E-state index contributed by atoms with van der Waals surface area (Å²) in [6.45, 7) is 2.45. The van der Waals surface area contributed by atoms with Crippen LogP contribution >= 0.6 is 0 Å². The summed E-state index contributed by atoms with van der Waals surface area (Å²) in [6.07, 6.45) is 0.981. The van der Waals surface area contributed by atoms with E-state index in [4.69, 9.17) is 9.47 Å². The summed E-state index contributed by atoms with van der Waals surface area (Å²) in [7, 11) is -2.57. The van der Waals surface area contributed by atoms with Gasteiger partial charge in [-0.3, -0.25) is 13.9 Å². The number of ether oxygens (including phenoxy) is 2. The van der Waals surface area contributed by atoms with E-state index >= 15 is 0 Å². The van der Waals surface area contributed by atoms with Crippen LogP contribution in [0.25, 0.3) is 0 Å². The van der Waals surface area contributed by atoms with Crippen molar-refractivity contribution in [1.82, 2.24) is 4.90 Å². The lowest BCUT2D eigenvalue weighted by atomic mass is 9.97. The first-order valence-corrected chi connectivity index (χ1v) is 12.0. The fourth-order valence-corrected chi connectivity index (χ4v) is 5.15. The number of benzene rings is 2. The predicted octanol–water partition coefficient (Wildman–Crippen LogP) is 2.69. The topological polar surface area (TPSA) is 93.2 Å². The quantitative estimate of drug-likeness (QED) is 0.563. The van der Waals surface area contributed by atoms with E-state index in [2.05, 4.69) is 0 Å². The molecule has 0 spiro atoms. The SMILES string of the molecule is CCOC(=O)C1CCN(C(=O)CN(c2ccccc2OC)S(=O)(=O)c2ccccc2)CC1. The largest absolute Gasteiger partial charge is 0.495 e. The molecule has 0 aromatic heterocycles. The Morgan fingerprint density at radius 2 is 1.66 bits per heavy atom. The van der Waals surface area contributed by atoms with Gasteiger partial charge in [-0.15, -0.1) is 0 Å². The second-order valence-electron chi connectivity index (χ2n) is 7.40. The maximum Gasteiger partial charge on any atom is 0.309 e. The molecule has 0 radical (unpaired) electrons. The molecule has 1 heterocycles. The molecule has 0 atom stereocenters. The third kappa shape index (κ3) is 5.21. The molecular formula is C23H28N2O6S. The van der Waals surface area contributed by atoms with Gasteiger partial charge in [-0.05, 0) is 44.0 Å². The predicted molar refractivity (Wildman–Crippen MR) is 120 cm³/mol. The minimum Gasteiger partial charge on any atom is -0.495 e. The fraction of sp³-hybridized carbons (Fsp3) is 0.391. The Balaban J connectivity index is 1.84. The van der Waals surface area contributed by atoms with Gasteiger partial charge in [-0.25, -0.2) is 8.42 Å². The van der Waals surface area contributed by atoms with Gasteiger partial charge in [0.1, 0.15) is 12.3 Å². The summed E-state index contributed by atoms with van der Waals surface area (Å²) in [4.78, 5) is 26.8. The van der Waals surface area contributed by atoms with Crippen molar-refractivity contribution in [2.45, 2.75) is 24.7 Å². The fourth-order valence-electron chi connectivity index (χ4n) is 3.70. The second-order valence-corrected chi connectivity index (χ2v) is 9.27. The summed E-state index contributed by atoms with van der Waals surface area (Å²) < 4.78 is 38.5. The van der Waals surface area contributed by atoms with Crippen LogP contribution in [0.4, 0.5) is 5.69 Å². The first-order valence-electron chi connectivity index (χ1n) is 10.5. The molecule has 1 aliphatic rings. The Kier molecular flexibility index (Phi) is 7.74. The lowest BCUT2D eigenvalue weighted by Crippen LogP contribution is -2.46. The minimum absolute atomic E-state index is 0.0831. The maximum atomic E-state index is 13.5. The molecule has 0 saturated carbocycles. The van der Waals surface area contributed by atoms with Gasteiger partial charge in [0, 0.05) is 13.1 Å². The van der Waals surface area contributed by atoms with Gasteiger partial charge >= 0.3 is 5.97 Å². The Hall–Kier alpha value is -3.07. The van der Waals surface area contributed by atoms with Gasteiger partial charge < -0.3 is 14.4 Å². The zero-order chi connectivity index (χ0) is 23.1. The molecule has 2 aromatic rings. The third-order valence-corrected chi connectivity index (χ3v) is 7.21. The lowest BCUT2D eigenvalue weighted by molar-refractivity contribution is -0.151. The molecule has 0 N–H and O–H groups in total. The summed E-state index contributed by atoms with van der Waals surface area (Å²) in [6, 6.07) is 14.7. The number of hydrogen-bond acceptors (Lipinski definition) is 6. The molecule has 1 amide bonds. The number of likely N-dealkylation sites (tertiary alicyclic amines) is 1. The number of piperidine rings is 1. The highest BCUT2D eigenvalue weighted by Crippen LogP contribution is 2.32. The van der Waals surface area contributed by atoms with Gasteiger partial charge in [0.2, 0.25) is 5.91 Å². The molecule has 32 heavy (non-hydrogen) atoms. The number of nitrogens with zero attached hydrogens (tertiary/aromatic N) is 2. The monoisotopic (exact) mass is 460 g/mol. The average Bonchev–Trinajstić information content (AvgIpc) is 2.83. The van der Waals surface area contributed by atoms with Crippen molar-refractivity contribution in [1.29, 1.82) is 0 Å². The molecule has 9 heteroatoms. The zero-order valence-electron chi connectivity index (χ0n) is 18.3. The van der Waals surface area contributed by atoms with E-state index < -0.39 is 10.0 Å². The Bertz CT molecular complexity index is 1030. The summed E-state index contributed by atoms with van der Waals surface area (Å²) in [5.41, 5.74) is 0.286. The van der Waals surface area contributed by atoms with Crippen LogP contribution in [0.2, 0.25) is 0 Å². The standard InChI is InChI=1S/C23H28N2O6S/c1-3-31-23(27)18-13-15-24(16-14-18)22(26)17-25(20-11-7-8-12-21(20)30-2)32(28,29)19-9-5-4-6-10-19/h4-12,18H,3,13-17H2,1-2H3. The molecule has 3 rings (SSSR count). The van der Waals surface area contributed by atoms with Gasteiger partial charge in [0.05, 0.1) is 30.2 Å². The van der Waals surface area contributed by atoms with Crippen molar-refractivity contribution in [3.63, 3.8) is 0 Å². The molecule has 1 fully saturated rings. The van der Waals surface area contributed by atoms with Crippen molar-refractivity contribution in [2.75, 3.05) is 37.7 Å². The van der Waals surface area contributed by atoms with Crippen molar-refractivity contribution in [3.8, 4) is 5.75 Å². The van der Waals surface area contributed by atoms with E-state index in [1.165, 1.54) is 19.2 Å². The number of methoxy groups -OCH3 is 1.